The normalized spacial score (nSPS) is 15.6. The molecule has 3 nitrogen and oxygen atoms in total. The van der Waals surface area contributed by atoms with E-state index in [0.717, 1.165) is 12.3 Å². The van der Waals surface area contributed by atoms with Crippen LogP contribution in [0.2, 0.25) is 0 Å². The highest BCUT2D eigenvalue weighted by Crippen LogP contribution is 2.19. The van der Waals surface area contributed by atoms with Crippen molar-refractivity contribution in [1.29, 1.82) is 0 Å². The Labute approximate surface area is 113 Å². The first-order valence-electron chi connectivity index (χ1n) is 7.18. The Hall–Kier alpha value is -0.570. The standard InChI is InChI=1S/C15H32N2O/c1-11(2)8-7-9-12(3)17-14(18)10-13(16)15(4,5)6/h11-13H,7-10,16H2,1-6H3,(H,17,18). The molecule has 0 spiro atoms. The predicted octanol–water partition coefficient (Wildman–Crippen LogP) is 3.08. The van der Waals surface area contributed by atoms with E-state index in [0.29, 0.717) is 6.42 Å². The summed E-state index contributed by atoms with van der Waals surface area (Å²) in [5, 5.41) is 3.04. The van der Waals surface area contributed by atoms with Crippen LogP contribution in [0.5, 0.6) is 0 Å². The number of carbonyl (C=O) groups is 1. The van der Waals surface area contributed by atoms with E-state index < -0.39 is 0 Å². The van der Waals surface area contributed by atoms with Crippen LogP contribution >= 0.6 is 0 Å². The SMILES string of the molecule is CC(C)CCCC(C)NC(=O)CC(N)C(C)(C)C. The summed E-state index contributed by atoms with van der Waals surface area (Å²) >= 11 is 0. The Morgan fingerprint density at radius 3 is 2.17 bits per heavy atom. The summed E-state index contributed by atoms with van der Waals surface area (Å²) in [6.07, 6.45) is 3.86. The molecule has 0 saturated carbocycles. The molecule has 108 valence electrons. The number of carbonyl (C=O) groups excluding carboxylic acids is 1. The number of amides is 1. The highest BCUT2D eigenvalue weighted by atomic mass is 16.1. The second kappa shape index (κ2) is 7.78. The fourth-order valence-corrected chi connectivity index (χ4v) is 1.74. The van der Waals surface area contributed by atoms with Crippen LogP contribution in [0.3, 0.4) is 0 Å². The fraction of sp³-hybridized carbons (Fsp3) is 0.933. The molecule has 3 N–H and O–H groups in total. The van der Waals surface area contributed by atoms with Crippen molar-refractivity contribution in [3.05, 3.63) is 0 Å². The average Bonchev–Trinajstić information content (AvgIpc) is 2.14. The predicted molar refractivity (Wildman–Crippen MR) is 78.3 cm³/mol. The van der Waals surface area contributed by atoms with Crippen LogP contribution in [0.4, 0.5) is 0 Å². The van der Waals surface area contributed by atoms with Gasteiger partial charge in [-0.1, -0.05) is 47.5 Å². The second-order valence-electron chi connectivity index (χ2n) is 6.97. The van der Waals surface area contributed by atoms with Crippen LogP contribution < -0.4 is 11.1 Å². The maximum absolute atomic E-state index is 11.8. The Kier molecular flexibility index (Phi) is 7.53. The minimum absolute atomic E-state index is 0.0157. The zero-order chi connectivity index (χ0) is 14.3. The second-order valence-corrected chi connectivity index (χ2v) is 6.97. The first-order chi connectivity index (χ1) is 8.12. The van der Waals surface area contributed by atoms with Gasteiger partial charge in [-0.15, -0.1) is 0 Å². The largest absolute Gasteiger partial charge is 0.354 e. The molecule has 0 heterocycles. The lowest BCUT2D eigenvalue weighted by Gasteiger charge is -2.27. The zero-order valence-electron chi connectivity index (χ0n) is 13.0. The Balaban J connectivity index is 3.87. The summed E-state index contributed by atoms with van der Waals surface area (Å²) < 4.78 is 0. The van der Waals surface area contributed by atoms with Crippen LogP contribution in [-0.4, -0.2) is 18.0 Å². The van der Waals surface area contributed by atoms with Crippen molar-refractivity contribution in [2.75, 3.05) is 0 Å². The molecular formula is C15H32N2O. The van der Waals surface area contributed by atoms with E-state index in [-0.39, 0.29) is 23.4 Å². The molecule has 0 saturated heterocycles. The molecule has 0 fully saturated rings. The molecule has 1 amide bonds. The van der Waals surface area contributed by atoms with Crippen molar-refractivity contribution in [1.82, 2.24) is 5.32 Å². The summed E-state index contributed by atoms with van der Waals surface area (Å²) in [6, 6.07) is 0.170. The highest BCUT2D eigenvalue weighted by Gasteiger charge is 2.23. The monoisotopic (exact) mass is 256 g/mol. The fourth-order valence-electron chi connectivity index (χ4n) is 1.74. The van der Waals surface area contributed by atoms with Crippen LogP contribution in [0.15, 0.2) is 0 Å². The number of nitrogens with two attached hydrogens (primary N) is 1. The molecule has 3 heteroatoms. The third kappa shape index (κ3) is 8.51. The van der Waals surface area contributed by atoms with Crippen LogP contribution in [-0.2, 0) is 4.79 Å². The van der Waals surface area contributed by atoms with Gasteiger partial charge in [-0.2, -0.15) is 0 Å². The Morgan fingerprint density at radius 2 is 1.72 bits per heavy atom. The minimum atomic E-state index is -0.0830. The van der Waals surface area contributed by atoms with Crippen molar-refractivity contribution in [2.24, 2.45) is 17.1 Å². The Morgan fingerprint density at radius 1 is 1.17 bits per heavy atom. The number of rotatable bonds is 7. The third-order valence-electron chi connectivity index (χ3n) is 3.34. The lowest BCUT2D eigenvalue weighted by atomic mass is 9.85. The number of hydrogen-bond donors (Lipinski definition) is 2. The molecule has 0 aliphatic rings. The minimum Gasteiger partial charge on any atom is -0.354 e. The molecule has 18 heavy (non-hydrogen) atoms. The molecule has 0 aromatic carbocycles. The number of hydrogen-bond acceptors (Lipinski definition) is 2. The lowest BCUT2D eigenvalue weighted by molar-refractivity contribution is -0.122. The quantitative estimate of drug-likeness (QED) is 0.735. The van der Waals surface area contributed by atoms with Crippen molar-refractivity contribution in [3.63, 3.8) is 0 Å². The van der Waals surface area contributed by atoms with Crippen molar-refractivity contribution in [3.8, 4) is 0 Å². The molecule has 0 rings (SSSR count). The van der Waals surface area contributed by atoms with Gasteiger partial charge in [0.15, 0.2) is 0 Å². The maximum Gasteiger partial charge on any atom is 0.221 e. The molecular weight excluding hydrogens is 224 g/mol. The molecule has 2 unspecified atom stereocenters. The van der Waals surface area contributed by atoms with Gasteiger partial charge < -0.3 is 11.1 Å². The van der Waals surface area contributed by atoms with Gasteiger partial charge in [-0.05, 0) is 24.7 Å². The van der Waals surface area contributed by atoms with E-state index in [4.69, 9.17) is 5.73 Å². The summed E-state index contributed by atoms with van der Waals surface area (Å²) in [4.78, 5) is 11.8. The summed E-state index contributed by atoms with van der Waals surface area (Å²) in [6.45, 7) is 12.7. The van der Waals surface area contributed by atoms with Gasteiger partial charge in [0.05, 0.1) is 0 Å². The molecule has 0 aromatic heterocycles. The van der Waals surface area contributed by atoms with Crippen molar-refractivity contribution >= 4 is 5.91 Å². The highest BCUT2D eigenvalue weighted by molar-refractivity contribution is 5.76. The average molecular weight is 256 g/mol. The maximum atomic E-state index is 11.8. The zero-order valence-corrected chi connectivity index (χ0v) is 13.0. The van der Waals surface area contributed by atoms with E-state index in [2.05, 4.69) is 46.9 Å². The summed E-state index contributed by atoms with van der Waals surface area (Å²) in [5.41, 5.74) is 5.99. The summed E-state index contributed by atoms with van der Waals surface area (Å²) in [7, 11) is 0. The number of nitrogens with one attached hydrogen (secondary N) is 1. The molecule has 2 atom stereocenters. The van der Waals surface area contributed by atoms with E-state index in [9.17, 15) is 4.79 Å². The van der Waals surface area contributed by atoms with Gasteiger partial charge in [0, 0.05) is 18.5 Å². The smallest absolute Gasteiger partial charge is 0.221 e. The van der Waals surface area contributed by atoms with Gasteiger partial charge in [0.2, 0.25) is 5.91 Å². The van der Waals surface area contributed by atoms with E-state index in [1.165, 1.54) is 12.8 Å². The van der Waals surface area contributed by atoms with E-state index in [1.54, 1.807) is 0 Å². The third-order valence-corrected chi connectivity index (χ3v) is 3.34. The molecule has 0 aliphatic heterocycles. The van der Waals surface area contributed by atoms with Gasteiger partial charge in [-0.25, -0.2) is 0 Å². The topological polar surface area (TPSA) is 55.1 Å². The van der Waals surface area contributed by atoms with Crippen LogP contribution in [0.25, 0.3) is 0 Å². The van der Waals surface area contributed by atoms with Crippen molar-refractivity contribution in [2.45, 2.75) is 79.3 Å². The molecule has 0 aliphatic carbocycles. The van der Waals surface area contributed by atoms with Crippen LogP contribution in [0, 0.1) is 11.3 Å². The first kappa shape index (κ1) is 17.4. The molecule has 0 radical (unpaired) electrons. The first-order valence-corrected chi connectivity index (χ1v) is 7.18. The summed E-state index contributed by atoms with van der Waals surface area (Å²) in [5.74, 6) is 0.816. The molecule has 0 bridgehead atoms. The van der Waals surface area contributed by atoms with Gasteiger partial charge in [0.25, 0.3) is 0 Å². The van der Waals surface area contributed by atoms with Gasteiger partial charge >= 0.3 is 0 Å². The van der Waals surface area contributed by atoms with E-state index in [1.807, 2.05) is 0 Å². The van der Waals surface area contributed by atoms with Gasteiger partial charge in [0.1, 0.15) is 0 Å². The van der Waals surface area contributed by atoms with Crippen LogP contribution in [0.1, 0.15) is 67.2 Å². The lowest BCUT2D eigenvalue weighted by Crippen LogP contribution is -2.42. The van der Waals surface area contributed by atoms with E-state index >= 15 is 0 Å². The van der Waals surface area contributed by atoms with Gasteiger partial charge in [-0.3, -0.25) is 4.79 Å². The Bertz CT molecular complexity index is 243. The van der Waals surface area contributed by atoms with Crippen molar-refractivity contribution < 1.29 is 4.79 Å². The molecule has 0 aromatic rings.